The van der Waals surface area contributed by atoms with Gasteiger partial charge in [0.1, 0.15) is 17.7 Å². The van der Waals surface area contributed by atoms with E-state index in [2.05, 4.69) is 15.4 Å². The molecule has 4 aromatic rings. The number of quaternary nitrogens is 1. The fourth-order valence-corrected chi connectivity index (χ4v) is 6.26. The SMILES string of the molecule is CC(C)(C)c1cc(F)c2c(=O)n(-c3cccc(N4C=C(Nc5ccc(C(=O)N6CCOCC6)cc5)C5=NC=C[NH+]5C4)c3CO)ncc2c1. The van der Waals surface area contributed by atoms with E-state index in [1.165, 1.54) is 12.3 Å². The summed E-state index contributed by atoms with van der Waals surface area (Å²) in [5.74, 6) is 0.158. The highest BCUT2D eigenvalue weighted by Crippen LogP contribution is 2.30. The van der Waals surface area contributed by atoms with Crippen LogP contribution in [0.15, 0.2) is 94.9 Å². The zero-order valence-electron chi connectivity index (χ0n) is 27.0. The van der Waals surface area contributed by atoms with E-state index in [4.69, 9.17) is 4.74 Å². The zero-order valence-corrected chi connectivity index (χ0v) is 27.0. The van der Waals surface area contributed by atoms with Crippen molar-refractivity contribution in [2.75, 3.05) is 43.2 Å². The number of anilines is 2. The van der Waals surface area contributed by atoms with Crippen molar-refractivity contribution in [3.05, 3.63) is 118 Å². The molecule has 1 saturated heterocycles. The molecule has 3 aromatic carbocycles. The van der Waals surface area contributed by atoms with Gasteiger partial charge in [-0.25, -0.2) is 9.29 Å². The maximum absolute atomic E-state index is 15.4. The first-order valence-electron chi connectivity index (χ1n) is 15.9. The van der Waals surface area contributed by atoms with Gasteiger partial charge in [0.2, 0.25) is 0 Å². The Bertz CT molecular complexity index is 2060. The number of nitrogens with one attached hydrogen (secondary N) is 2. The second-order valence-electron chi connectivity index (χ2n) is 13.1. The van der Waals surface area contributed by atoms with Crippen LogP contribution < -0.4 is 20.7 Å². The summed E-state index contributed by atoms with van der Waals surface area (Å²) in [5, 5.41) is 18.9. The van der Waals surface area contributed by atoms with Crippen LogP contribution >= 0.6 is 0 Å². The molecule has 1 aromatic heterocycles. The van der Waals surface area contributed by atoms with Crippen molar-refractivity contribution in [3.8, 4) is 5.69 Å². The van der Waals surface area contributed by atoms with Crippen LogP contribution in [0.4, 0.5) is 15.8 Å². The van der Waals surface area contributed by atoms with Gasteiger partial charge in [0.05, 0.1) is 49.0 Å². The molecule has 0 aliphatic carbocycles. The molecule has 1 fully saturated rings. The van der Waals surface area contributed by atoms with E-state index in [1.807, 2.05) is 56.3 Å². The predicted molar refractivity (Wildman–Crippen MR) is 182 cm³/mol. The highest BCUT2D eigenvalue weighted by molar-refractivity contribution is 5.98. The Morgan fingerprint density at radius 2 is 1.83 bits per heavy atom. The number of benzene rings is 3. The summed E-state index contributed by atoms with van der Waals surface area (Å²) in [6, 6.07) is 15.9. The fraction of sp³-hybridized carbons (Fsp3) is 0.278. The molecule has 3 aliphatic heterocycles. The second-order valence-corrected chi connectivity index (χ2v) is 13.1. The van der Waals surface area contributed by atoms with E-state index in [9.17, 15) is 14.7 Å². The topological polar surface area (TPSA) is 117 Å². The number of aromatic nitrogens is 2. The molecular formula is C36H37FN7O4+. The molecule has 3 N–H and O–H groups in total. The van der Waals surface area contributed by atoms with Gasteiger partial charge >= 0.3 is 0 Å². The zero-order chi connectivity index (χ0) is 33.6. The molecule has 11 nitrogen and oxygen atoms in total. The van der Waals surface area contributed by atoms with Crippen LogP contribution in [0.1, 0.15) is 42.3 Å². The third-order valence-electron chi connectivity index (χ3n) is 8.90. The van der Waals surface area contributed by atoms with Gasteiger partial charge in [0.25, 0.3) is 17.3 Å². The van der Waals surface area contributed by atoms with Crippen molar-refractivity contribution in [1.29, 1.82) is 0 Å². The van der Waals surface area contributed by atoms with E-state index in [1.54, 1.807) is 41.4 Å². The van der Waals surface area contributed by atoms with E-state index < -0.39 is 11.4 Å². The number of morpholine rings is 1. The number of amides is 1. The monoisotopic (exact) mass is 650 g/mol. The summed E-state index contributed by atoms with van der Waals surface area (Å²) in [6.45, 7) is 8.26. The average Bonchev–Trinajstić information content (AvgIpc) is 3.57. The summed E-state index contributed by atoms with van der Waals surface area (Å²) in [4.78, 5) is 35.9. The van der Waals surface area contributed by atoms with E-state index in [0.29, 0.717) is 60.9 Å². The number of hydrogen-bond acceptors (Lipinski definition) is 8. The molecule has 246 valence electrons. The predicted octanol–water partition coefficient (Wildman–Crippen LogP) is 3.29. The van der Waals surface area contributed by atoms with Gasteiger partial charge in [-0.2, -0.15) is 14.8 Å². The Balaban J connectivity index is 1.22. The number of aliphatic hydroxyl groups is 1. The van der Waals surface area contributed by atoms with Crippen molar-refractivity contribution >= 4 is 33.9 Å². The number of rotatable bonds is 6. The Morgan fingerprint density at radius 1 is 1.08 bits per heavy atom. The summed E-state index contributed by atoms with van der Waals surface area (Å²) in [5.41, 5.74) is 3.43. The van der Waals surface area contributed by atoms with Crippen LogP contribution in [0.3, 0.4) is 0 Å². The van der Waals surface area contributed by atoms with Crippen LogP contribution in [-0.4, -0.2) is 64.5 Å². The molecule has 3 aliphatic rings. The lowest BCUT2D eigenvalue weighted by atomic mass is 9.86. The lowest BCUT2D eigenvalue weighted by Crippen LogP contribution is -3.12. The Kier molecular flexibility index (Phi) is 8.15. The lowest BCUT2D eigenvalue weighted by molar-refractivity contribution is -0.743. The molecule has 1 amide bonds. The highest BCUT2D eigenvalue weighted by Gasteiger charge is 2.32. The molecule has 1 unspecified atom stereocenters. The van der Waals surface area contributed by atoms with E-state index in [0.717, 1.165) is 32.4 Å². The molecule has 0 saturated carbocycles. The number of carbonyl (C=O) groups excluding carboxylic acids is 1. The second kappa shape index (κ2) is 12.5. The number of ether oxygens (including phenoxy) is 1. The molecular weight excluding hydrogens is 613 g/mol. The van der Waals surface area contributed by atoms with Gasteiger partial charge in [-0.3, -0.25) is 14.5 Å². The number of hydrogen-bond donors (Lipinski definition) is 3. The molecule has 48 heavy (non-hydrogen) atoms. The Hall–Kier alpha value is -5.17. The van der Waals surface area contributed by atoms with Crippen LogP contribution in [0, 0.1) is 5.82 Å². The van der Waals surface area contributed by atoms with Crippen LogP contribution in [-0.2, 0) is 16.8 Å². The molecule has 1 atom stereocenters. The summed E-state index contributed by atoms with van der Waals surface area (Å²) in [6.07, 6.45) is 7.08. The smallest absolute Gasteiger partial charge is 0.282 e. The van der Waals surface area contributed by atoms with Gasteiger partial charge in [0, 0.05) is 41.5 Å². The Labute approximate surface area is 276 Å². The normalized spacial score (nSPS) is 17.7. The summed E-state index contributed by atoms with van der Waals surface area (Å²) in [7, 11) is 0. The van der Waals surface area contributed by atoms with Gasteiger partial charge < -0.3 is 20.1 Å². The first-order valence-corrected chi connectivity index (χ1v) is 15.9. The standard InChI is InChI=1S/C36H36FN7O4/c1-36(2,3)25-17-24-19-39-44(35(47)32(24)28(37)18-25)31-6-4-5-30(27(31)21-45)43-20-29(33-38-11-12-42(33)22-43)40-26-9-7-23(8-10-26)34(46)41-13-15-48-16-14-41/h4-12,17-20,40,45H,13-16,21-22H2,1-3H3/p+1. The number of nitrogens with zero attached hydrogens (tertiary/aromatic N) is 5. The third kappa shape index (κ3) is 5.78. The van der Waals surface area contributed by atoms with Crippen molar-refractivity contribution < 1.29 is 23.9 Å². The van der Waals surface area contributed by atoms with Crippen LogP contribution in [0.25, 0.3) is 16.5 Å². The molecule has 0 spiro atoms. The highest BCUT2D eigenvalue weighted by atomic mass is 19.1. The van der Waals surface area contributed by atoms with Crippen LogP contribution in [0.5, 0.6) is 0 Å². The number of aliphatic imine (C=N–C) groups is 1. The largest absolute Gasteiger partial charge is 0.392 e. The first kappa shape index (κ1) is 31.4. The van der Waals surface area contributed by atoms with E-state index >= 15 is 4.39 Å². The Morgan fingerprint density at radius 3 is 2.56 bits per heavy atom. The van der Waals surface area contributed by atoms with E-state index in [-0.39, 0.29) is 23.3 Å². The number of amidine groups is 1. The van der Waals surface area contributed by atoms with Crippen molar-refractivity contribution in [2.45, 2.75) is 32.8 Å². The maximum atomic E-state index is 15.4. The number of fused-ring (bicyclic) bond motifs is 2. The quantitative estimate of drug-likeness (QED) is 0.293. The number of aliphatic hydroxyl groups excluding tert-OH is 1. The minimum absolute atomic E-state index is 0.0262. The molecule has 4 heterocycles. The first-order chi connectivity index (χ1) is 23.1. The number of carbonyl (C=O) groups is 1. The molecule has 0 radical (unpaired) electrons. The summed E-state index contributed by atoms with van der Waals surface area (Å²) >= 11 is 0. The van der Waals surface area contributed by atoms with Gasteiger partial charge in [-0.05, 0) is 59.5 Å². The number of halogens is 1. The van der Waals surface area contributed by atoms with Crippen LogP contribution in [0.2, 0.25) is 0 Å². The maximum Gasteiger partial charge on any atom is 0.282 e. The lowest BCUT2D eigenvalue weighted by Gasteiger charge is -2.31. The van der Waals surface area contributed by atoms with Crippen molar-refractivity contribution in [3.63, 3.8) is 0 Å². The minimum atomic E-state index is -0.607. The van der Waals surface area contributed by atoms with Gasteiger partial charge in [-0.15, -0.1) is 0 Å². The average molecular weight is 651 g/mol. The molecule has 12 heteroatoms. The van der Waals surface area contributed by atoms with Crippen molar-refractivity contribution in [2.24, 2.45) is 4.99 Å². The summed E-state index contributed by atoms with van der Waals surface area (Å²) < 4.78 is 21.9. The third-order valence-corrected chi connectivity index (χ3v) is 8.90. The molecule has 7 rings (SSSR count). The van der Waals surface area contributed by atoms with Crippen molar-refractivity contribution in [1.82, 2.24) is 14.7 Å². The minimum Gasteiger partial charge on any atom is -0.392 e. The molecule has 0 bridgehead atoms. The van der Waals surface area contributed by atoms with Gasteiger partial charge in [-0.1, -0.05) is 26.8 Å². The fourth-order valence-electron chi connectivity index (χ4n) is 6.26. The van der Waals surface area contributed by atoms with Gasteiger partial charge in [0.15, 0.2) is 6.67 Å².